The molecule has 2 amide bonds. The van der Waals surface area contributed by atoms with E-state index >= 15 is 0 Å². The van der Waals surface area contributed by atoms with Crippen LogP contribution in [0.15, 0.2) is 46.8 Å². The summed E-state index contributed by atoms with van der Waals surface area (Å²) in [6.07, 6.45) is -1.71. The molecule has 4 rings (SSSR count). The molecule has 0 saturated carbocycles. The second kappa shape index (κ2) is 11.3. The molecule has 2 aliphatic rings. The first-order valence-corrected chi connectivity index (χ1v) is 14.4. The van der Waals surface area contributed by atoms with Gasteiger partial charge >= 0.3 is 13.6 Å². The van der Waals surface area contributed by atoms with E-state index in [1.807, 2.05) is 0 Å². The highest BCUT2D eigenvalue weighted by Crippen LogP contribution is 2.52. The van der Waals surface area contributed by atoms with Crippen molar-refractivity contribution in [2.45, 2.75) is 27.9 Å². The minimum Gasteiger partial charge on any atom is -0.477 e. The molecule has 4 N–H and O–H groups in total. The highest BCUT2D eigenvalue weighted by Gasteiger charge is 2.55. The number of aliphatic hydroxyl groups is 1. The SMILES string of the molecule is COP(=O)(CC(Sc1nn[nH]n1)C1=C(C(=O)O)N2C(=O)[C@@H](NC(=O)C(O)c3ccccc3)[C@@H]2SC1)OC. The van der Waals surface area contributed by atoms with Gasteiger partial charge in [-0.3, -0.25) is 19.1 Å². The molecule has 37 heavy (non-hydrogen) atoms. The Hall–Kier alpha value is -2.75. The van der Waals surface area contributed by atoms with E-state index in [0.717, 1.165) is 16.7 Å². The van der Waals surface area contributed by atoms with Crippen LogP contribution in [-0.4, -0.2) is 96.3 Å². The Balaban J connectivity index is 1.59. The summed E-state index contributed by atoms with van der Waals surface area (Å²) in [4.78, 5) is 39.1. The number of tetrazole rings is 1. The number of carbonyl (C=O) groups excluding carboxylic acids is 2. The van der Waals surface area contributed by atoms with E-state index in [9.17, 15) is 29.2 Å². The van der Waals surface area contributed by atoms with Crippen molar-refractivity contribution in [3.8, 4) is 0 Å². The van der Waals surface area contributed by atoms with Gasteiger partial charge in [0.1, 0.15) is 17.1 Å². The van der Waals surface area contributed by atoms with Gasteiger partial charge in [-0.05, 0) is 16.3 Å². The van der Waals surface area contributed by atoms with E-state index in [1.54, 1.807) is 30.3 Å². The third kappa shape index (κ3) is 5.58. The summed E-state index contributed by atoms with van der Waals surface area (Å²) in [7, 11) is -1.18. The fourth-order valence-corrected chi connectivity index (χ4v) is 8.11. The Morgan fingerprint density at radius 3 is 2.62 bits per heavy atom. The molecule has 2 unspecified atom stereocenters. The lowest BCUT2D eigenvalue weighted by Crippen LogP contribution is -2.71. The number of H-pyrrole nitrogens is 1. The number of rotatable bonds is 11. The molecular formula is C20H23N6O8PS2. The van der Waals surface area contributed by atoms with Crippen LogP contribution in [0, 0.1) is 0 Å². The first-order chi connectivity index (χ1) is 17.7. The van der Waals surface area contributed by atoms with Crippen molar-refractivity contribution in [3.05, 3.63) is 47.2 Å². The van der Waals surface area contributed by atoms with Gasteiger partial charge in [-0.2, -0.15) is 5.21 Å². The topological polar surface area (TPSA) is 197 Å². The second-order valence-corrected chi connectivity index (χ2v) is 12.4. The molecule has 14 nitrogen and oxygen atoms in total. The van der Waals surface area contributed by atoms with Crippen molar-refractivity contribution in [3.63, 3.8) is 0 Å². The van der Waals surface area contributed by atoms with Crippen LogP contribution in [-0.2, 0) is 28.0 Å². The van der Waals surface area contributed by atoms with Gasteiger partial charge in [-0.25, -0.2) is 4.79 Å². The van der Waals surface area contributed by atoms with Gasteiger partial charge in [0.25, 0.3) is 11.8 Å². The van der Waals surface area contributed by atoms with E-state index in [4.69, 9.17) is 9.05 Å². The zero-order valence-electron chi connectivity index (χ0n) is 19.5. The molecule has 198 valence electrons. The number of amides is 2. The van der Waals surface area contributed by atoms with Crippen LogP contribution < -0.4 is 5.32 Å². The molecule has 3 heterocycles. The number of carbonyl (C=O) groups is 3. The van der Waals surface area contributed by atoms with Crippen LogP contribution in [0.3, 0.4) is 0 Å². The second-order valence-electron chi connectivity index (χ2n) is 7.85. The number of β-lactam (4-membered cyclic amide) rings is 1. The quantitative estimate of drug-likeness (QED) is 0.167. The van der Waals surface area contributed by atoms with Crippen LogP contribution in [0.25, 0.3) is 0 Å². The summed E-state index contributed by atoms with van der Waals surface area (Å²) < 4.78 is 23.0. The van der Waals surface area contributed by atoms with Crippen LogP contribution in [0.2, 0.25) is 0 Å². The number of aliphatic hydroxyl groups excluding tert-OH is 1. The van der Waals surface area contributed by atoms with Gasteiger partial charge in [0.15, 0.2) is 6.10 Å². The normalized spacial score (nSPS) is 21.2. The van der Waals surface area contributed by atoms with Crippen molar-refractivity contribution in [1.29, 1.82) is 0 Å². The molecule has 1 fully saturated rings. The summed E-state index contributed by atoms with van der Waals surface area (Å²) >= 11 is 2.22. The highest BCUT2D eigenvalue weighted by molar-refractivity contribution is 8.01. The van der Waals surface area contributed by atoms with Gasteiger partial charge in [0, 0.05) is 25.2 Å². The van der Waals surface area contributed by atoms with E-state index in [0.29, 0.717) is 11.1 Å². The zero-order chi connectivity index (χ0) is 26.7. The molecular weight excluding hydrogens is 547 g/mol. The van der Waals surface area contributed by atoms with Gasteiger partial charge < -0.3 is 24.6 Å². The smallest absolute Gasteiger partial charge is 0.352 e. The molecule has 0 radical (unpaired) electrons. The first kappa shape index (κ1) is 27.3. The van der Waals surface area contributed by atoms with Gasteiger partial charge in [-0.15, -0.1) is 22.0 Å². The van der Waals surface area contributed by atoms with Gasteiger partial charge in [0.05, 0.1) is 6.16 Å². The maximum Gasteiger partial charge on any atom is 0.352 e. The monoisotopic (exact) mass is 570 g/mol. The van der Waals surface area contributed by atoms with Gasteiger partial charge in [0.2, 0.25) is 5.16 Å². The standard InChI is InChI=1S/C20H23N6O8PS2/c1-33-35(32,34-2)8-12(37-20-22-24-25-23-20)11-9-36-18-13(17(29)26(18)14(11)19(30)31)21-16(28)15(27)10-6-4-3-5-7-10/h3-7,12-13,15,18,27H,8-9H2,1-2H3,(H,21,28)(H,30,31)(H,22,23,24,25)/t12?,13-,15?,18+/m1/s1. The largest absolute Gasteiger partial charge is 0.477 e. The third-order valence-electron chi connectivity index (χ3n) is 5.77. The van der Waals surface area contributed by atoms with Crippen molar-refractivity contribution in [2.24, 2.45) is 0 Å². The Kier molecular flexibility index (Phi) is 8.36. The van der Waals surface area contributed by atoms with E-state index in [2.05, 4.69) is 25.9 Å². The zero-order valence-corrected chi connectivity index (χ0v) is 22.0. The molecule has 0 bridgehead atoms. The molecule has 2 aromatic rings. The fourth-order valence-electron chi connectivity index (χ4n) is 3.88. The lowest BCUT2D eigenvalue weighted by atomic mass is 10.0. The van der Waals surface area contributed by atoms with Crippen LogP contribution in [0.1, 0.15) is 11.7 Å². The number of aromatic nitrogens is 4. The van der Waals surface area contributed by atoms with Crippen LogP contribution in [0.5, 0.6) is 0 Å². The summed E-state index contributed by atoms with van der Waals surface area (Å²) in [5.41, 5.74) is 0.360. The number of hydrogen-bond donors (Lipinski definition) is 4. The number of fused-ring (bicyclic) bond motifs is 1. The molecule has 17 heteroatoms. The molecule has 1 aromatic carbocycles. The van der Waals surface area contributed by atoms with Crippen molar-refractivity contribution in [2.75, 3.05) is 26.1 Å². The molecule has 0 aliphatic carbocycles. The lowest BCUT2D eigenvalue weighted by molar-refractivity contribution is -0.151. The highest BCUT2D eigenvalue weighted by atomic mass is 32.2. The number of hydrogen-bond acceptors (Lipinski definition) is 12. The number of aliphatic carboxylic acids is 1. The average molecular weight is 571 g/mol. The van der Waals surface area contributed by atoms with E-state index in [1.165, 1.54) is 26.0 Å². The number of carboxylic acid groups (broad SMARTS) is 1. The van der Waals surface area contributed by atoms with Crippen molar-refractivity contribution < 1.29 is 38.2 Å². The number of benzene rings is 1. The average Bonchev–Trinajstić information content (AvgIpc) is 3.43. The number of aromatic amines is 1. The molecule has 1 saturated heterocycles. The number of nitrogens with zero attached hydrogens (tertiary/aromatic N) is 4. The maximum absolute atomic E-state index is 13.1. The van der Waals surface area contributed by atoms with Crippen LogP contribution >= 0.6 is 31.1 Å². The summed E-state index contributed by atoms with van der Waals surface area (Å²) in [6, 6.07) is 7.19. The number of thioether (sulfide) groups is 2. The van der Waals surface area contributed by atoms with Crippen LogP contribution in [0.4, 0.5) is 0 Å². The summed E-state index contributed by atoms with van der Waals surface area (Å²) in [5, 5.41) is 35.1. The molecule has 0 spiro atoms. The predicted molar refractivity (Wildman–Crippen MR) is 131 cm³/mol. The predicted octanol–water partition coefficient (Wildman–Crippen LogP) is 0.619. The minimum absolute atomic E-state index is 0.132. The molecule has 4 atom stereocenters. The Bertz CT molecular complexity index is 1240. The van der Waals surface area contributed by atoms with Crippen molar-refractivity contribution >= 4 is 48.9 Å². The fraction of sp³-hybridized carbons (Fsp3) is 0.400. The maximum atomic E-state index is 13.1. The third-order valence-corrected chi connectivity index (χ3v) is 10.4. The summed E-state index contributed by atoms with van der Waals surface area (Å²) in [6.45, 7) is 0. The molecule has 1 aromatic heterocycles. The number of carboxylic acids is 1. The number of nitrogens with one attached hydrogen (secondary N) is 2. The summed E-state index contributed by atoms with van der Waals surface area (Å²) in [5.74, 6) is -2.66. The Morgan fingerprint density at radius 2 is 2.03 bits per heavy atom. The minimum atomic E-state index is -3.61. The first-order valence-electron chi connectivity index (χ1n) is 10.7. The Morgan fingerprint density at radius 1 is 1.32 bits per heavy atom. The van der Waals surface area contributed by atoms with Gasteiger partial charge in [-0.1, -0.05) is 42.1 Å². The molecule has 2 aliphatic heterocycles. The van der Waals surface area contributed by atoms with E-state index in [-0.39, 0.29) is 22.8 Å². The van der Waals surface area contributed by atoms with Crippen molar-refractivity contribution in [1.82, 2.24) is 30.8 Å². The van der Waals surface area contributed by atoms with E-state index < -0.39 is 48.1 Å². The Labute approximate surface area is 219 Å². The lowest BCUT2D eigenvalue weighted by Gasteiger charge is -2.50.